The van der Waals surface area contributed by atoms with Crippen molar-refractivity contribution in [1.82, 2.24) is 10.3 Å². The van der Waals surface area contributed by atoms with E-state index in [-0.39, 0.29) is 0 Å². The van der Waals surface area contributed by atoms with Gasteiger partial charge in [0.2, 0.25) is 0 Å². The Kier molecular flexibility index (Phi) is 3.97. The standard InChI is InChI=1S/C13H18N2OS/c1-9(2)14-7-6-13-15-11-5-4-10(16-3)8-12(11)17-13/h4-5,8-9,14H,6-7H2,1-3H3. The summed E-state index contributed by atoms with van der Waals surface area (Å²) in [5, 5.41) is 4.58. The van der Waals surface area contributed by atoms with Crippen LogP contribution in [0.25, 0.3) is 10.2 Å². The van der Waals surface area contributed by atoms with Crippen LogP contribution in [0.15, 0.2) is 18.2 Å². The molecular weight excluding hydrogens is 232 g/mol. The molecule has 0 spiro atoms. The van der Waals surface area contributed by atoms with Crippen LogP contribution in [0.2, 0.25) is 0 Å². The van der Waals surface area contributed by atoms with Crippen LogP contribution >= 0.6 is 11.3 Å². The molecule has 0 fully saturated rings. The van der Waals surface area contributed by atoms with Crippen molar-refractivity contribution in [2.45, 2.75) is 26.3 Å². The van der Waals surface area contributed by atoms with Gasteiger partial charge in [-0.1, -0.05) is 13.8 Å². The molecule has 0 radical (unpaired) electrons. The summed E-state index contributed by atoms with van der Waals surface area (Å²) < 4.78 is 6.41. The van der Waals surface area contributed by atoms with Crippen LogP contribution in [0.1, 0.15) is 18.9 Å². The molecule has 0 aliphatic carbocycles. The number of ether oxygens (including phenoxy) is 1. The predicted molar refractivity (Wildman–Crippen MR) is 73.0 cm³/mol. The van der Waals surface area contributed by atoms with Crippen molar-refractivity contribution in [2.75, 3.05) is 13.7 Å². The van der Waals surface area contributed by atoms with Gasteiger partial charge in [0.25, 0.3) is 0 Å². The minimum Gasteiger partial charge on any atom is -0.497 e. The van der Waals surface area contributed by atoms with Crippen LogP contribution in [-0.4, -0.2) is 24.7 Å². The van der Waals surface area contributed by atoms with E-state index in [9.17, 15) is 0 Å². The number of aromatic nitrogens is 1. The van der Waals surface area contributed by atoms with Crippen LogP contribution in [0, 0.1) is 0 Å². The Labute approximate surface area is 106 Å². The van der Waals surface area contributed by atoms with Gasteiger partial charge in [-0.2, -0.15) is 0 Å². The number of nitrogens with one attached hydrogen (secondary N) is 1. The summed E-state index contributed by atoms with van der Waals surface area (Å²) in [7, 11) is 1.69. The molecule has 3 nitrogen and oxygen atoms in total. The second kappa shape index (κ2) is 5.47. The minimum absolute atomic E-state index is 0.532. The molecule has 0 saturated carbocycles. The van der Waals surface area contributed by atoms with Gasteiger partial charge < -0.3 is 10.1 Å². The normalized spacial score (nSPS) is 11.3. The first-order chi connectivity index (χ1) is 8.19. The van der Waals surface area contributed by atoms with E-state index in [2.05, 4.69) is 24.1 Å². The van der Waals surface area contributed by atoms with Crippen LogP contribution in [-0.2, 0) is 6.42 Å². The van der Waals surface area contributed by atoms with E-state index < -0.39 is 0 Å². The molecule has 2 rings (SSSR count). The molecule has 0 bridgehead atoms. The van der Waals surface area contributed by atoms with Gasteiger partial charge in [-0.05, 0) is 18.2 Å². The second-order valence-corrected chi connectivity index (χ2v) is 5.42. The number of hydrogen-bond donors (Lipinski definition) is 1. The monoisotopic (exact) mass is 250 g/mol. The highest BCUT2D eigenvalue weighted by atomic mass is 32.1. The fraction of sp³-hybridized carbons (Fsp3) is 0.462. The molecule has 0 unspecified atom stereocenters. The molecule has 0 aliphatic heterocycles. The van der Waals surface area contributed by atoms with Gasteiger partial charge in [-0.25, -0.2) is 4.98 Å². The number of methoxy groups -OCH3 is 1. The van der Waals surface area contributed by atoms with E-state index in [1.165, 1.54) is 9.71 Å². The van der Waals surface area contributed by atoms with Crippen LogP contribution in [0.4, 0.5) is 0 Å². The molecule has 1 heterocycles. The van der Waals surface area contributed by atoms with E-state index in [1.807, 2.05) is 18.2 Å². The number of nitrogens with zero attached hydrogens (tertiary/aromatic N) is 1. The second-order valence-electron chi connectivity index (χ2n) is 4.30. The van der Waals surface area contributed by atoms with Gasteiger partial charge >= 0.3 is 0 Å². The van der Waals surface area contributed by atoms with Gasteiger partial charge in [0, 0.05) is 19.0 Å². The van der Waals surface area contributed by atoms with Gasteiger partial charge in [-0.15, -0.1) is 11.3 Å². The summed E-state index contributed by atoms with van der Waals surface area (Å²) >= 11 is 1.75. The summed E-state index contributed by atoms with van der Waals surface area (Å²) in [4.78, 5) is 4.61. The number of hydrogen-bond acceptors (Lipinski definition) is 4. The Morgan fingerprint density at radius 1 is 1.41 bits per heavy atom. The number of fused-ring (bicyclic) bond motifs is 1. The Bertz CT molecular complexity index is 493. The highest BCUT2D eigenvalue weighted by Gasteiger charge is 2.05. The quantitative estimate of drug-likeness (QED) is 0.886. The number of benzene rings is 1. The SMILES string of the molecule is COc1ccc2nc(CCNC(C)C)sc2c1. The molecule has 1 N–H and O–H groups in total. The van der Waals surface area contributed by atoms with E-state index in [0.29, 0.717) is 6.04 Å². The zero-order valence-corrected chi connectivity index (χ0v) is 11.3. The molecular formula is C13H18N2OS. The summed E-state index contributed by atoms with van der Waals surface area (Å²) in [6.45, 7) is 5.29. The average Bonchev–Trinajstić information content (AvgIpc) is 2.69. The Balaban J connectivity index is 2.09. The summed E-state index contributed by atoms with van der Waals surface area (Å²) in [5.41, 5.74) is 1.07. The molecule has 1 aromatic carbocycles. The average molecular weight is 250 g/mol. The zero-order valence-electron chi connectivity index (χ0n) is 10.5. The van der Waals surface area contributed by atoms with Crippen molar-refractivity contribution in [3.63, 3.8) is 0 Å². The highest BCUT2D eigenvalue weighted by Crippen LogP contribution is 2.26. The lowest BCUT2D eigenvalue weighted by molar-refractivity contribution is 0.415. The van der Waals surface area contributed by atoms with Crippen molar-refractivity contribution in [3.05, 3.63) is 23.2 Å². The molecule has 17 heavy (non-hydrogen) atoms. The first kappa shape index (κ1) is 12.3. The van der Waals surface area contributed by atoms with Gasteiger partial charge in [-0.3, -0.25) is 0 Å². The largest absolute Gasteiger partial charge is 0.497 e. The zero-order chi connectivity index (χ0) is 12.3. The van der Waals surface area contributed by atoms with E-state index >= 15 is 0 Å². The van der Waals surface area contributed by atoms with Gasteiger partial charge in [0.15, 0.2) is 0 Å². The van der Waals surface area contributed by atoms with Crippen LogP contribution in [0.5, 0.6) is 5.75 Å². The Morgan fingerprint density at radius 2 is 2.24 bits per heavy atom. The molecule has 0 saturated heterocycles. The molecule has 2 aromatic rings. The molecule has 4 heteroatoms. The maximum absolute atomic E-state index is 5.21. The van der Waals surface area contributed by atoms with E-state index in [1.54, 1.807) is 18.4 Å². The highest BCUT2D eigenvalue weighted by molar-refractivity contribution is 7.18. The third kappa shape index (κ3) is 3.17. The van der Waals surface area contributed by atoms with Gasteiger partial charge in [0.1, 0.15) is 5.75 Å². The van der Waals surface area contributed by atoms with Gasteiger partial charge in [0.05, 0.1) is 22.3 Å². The lowest BCUT2D eigenvalue weighted by Crippen LogP contribution is -2.24. The first-order valence-electron chi connectivity index (χ1n) is 5.86. The molecule has 1 aromatic heterocycles. The van der Waals surface area contributed by atoms with E-state index in [4.69, 9.17) is 4.74 Å². The van der Waals surface area contributed by atoms with Crippen molar-refractivity contribution in [1.29, 1.82) is 0 Å². The number of thiazole rings is 1. The maximum Gasteiger partial charge on any atom is 0.120 e. The molecule has 0 atom stereocenters. The third-order valence-electron chi connectivity index (χ3n) is 2.53. The summed E-state index contributed by atoms with van der Waals surface area (Å²) in [6, 6.07) is 6.55. The first-order valence-corrected chi connectivity index (χ1v) is 6.67. The summed E-state index contributed by atoms with van der Waals surface area (Å²) in [6.07, 6.45) is 0.986. The summed E-state index contributed by atoms with van der Waals surface area (Å²) in [5.74, 6) is 0.896. The lowest BCUT2D eigenvalue weighted by Gasteiger charge is -2.05. The van der Waals surface area contributed by atoms with Crippen molar-refractivity contribution < 1.29 is 4.74 Å². The Hall–Kier alpha value is -1.13. The molecule has 0 amide bonds. The lowest BCUT2D eigenvalue weighted by atomic mass is 10.3. The predicted octanol–water partition coefficient (Wildman–Crippen LogP) is 2.85. The number of rotatable bonds is 5. The van der Waals surface area contributed by atoms with Crippen molar-refractivity contribution in [2.24, 2.45) is 0 Å². The van der Waals surface area contributed by atoms with Crippen molar-refractivity contribution in [3.8, 4) is 5.75 Å². The molecule has 0 aliphatic rings. The maximum atomic E-state index is 5.21. The minimum atomic E-state index is 0.532. The fourth-order valence-corrected chi connectivity index (χ4v) is 2.65. The topological polar surface area (TPSA) is 34.1 Å². The van der Waals surface area contributed by atoms with E-state index in [0.717, 1.165) is 24.2 Å². The fourth-order valence-electron chi connectivity index (χ4n) is 1.65. The molecule has 92 valence electrons. The Morgan fingerprint density at radius 3 is 2.94 bits per heavy atom. The third-order valence-corrected chi connectivity index (χ3v) is 3.61. The van der Waals surface area contributed by atoms with Crippen molar-refractivity contribution >= 4 is 21.6 Å². The van der Waals surface area contributed by atoms with Crippen LogP contribution in [0.3, 0.4) is 0 Å². The van der Waals surface area contributed by atoms with Crippen LogP contribution < -0.4 is 10.1 Å². The smallest absolute Gasteiger partial charge is 0.120 e.